The molecule has 0 aliphatic heterocycles. The van der Waals surface area contributed by atoms with Crippen molar-refractivity contribution in [2.45, 2.75) is 39.7 Å². The Balaban J connectivity index is 2.10. The number of nitrogens with zero attached hydrogens (tertiary/aromatic N) is 3. The summed E-state index contributed by atoms with van der Waals surface area (Å²) in [6.45, 7) is 7.30. The van der Waals surface area contributed by atoms with Gasteiger partial charge < -0.3 is 10.2 Å². The quantitative estimate of drug-likeness (QED) is 0.802. The minimum absolute atomic E-state index is 0.836. The van der Waals surface area contributed by atoms with Crippen molar-refractivity contribution in [3.8, 4) is 0 Å². The highest BCUT2D eigenvalue weighted by molar-refractivity contribution is 5.33. The summed E-state index contributed by atoms with van der Waals surface area (Å²) in [5.41, 5.74) is 2.27. The Morgan fingerprint density at radius 3 is 2.78 bits per heavy atom. The van der Waals surface area contributed by atoms with Crippen molar-refractivity contribution in [3.05, 3.63) is 17.5 Å². The fraction of sp³-hybridized carbons (Fsp3) is 0.714. The van der Waals surface area contributed by atoms with Gasteiger partial charge in [-0.3, -0.25) is 0 Å². The number of hydrogen-bond acceptors (Lipinski definition) is 4. The van der Waals surface area contributed by atoms with Crippen molar-refractivity contribution >= 4 is 5.95 Å². The van der Waals surface area contributed by atoms with Crippen molar-refractivity contribution in [3.63, 3.8) is 0 Å². The van der Waals surface area contributed by atoms with E-state index in [0.717, 1.165) is 43.6 Å². The molecule has 1 fully saturated rings. The molecule has 1 heterocycles. The number of aryl methyl sites for hydroxylation is 1. The Kier molecular flexibility index (Phi) is 4.53. The molecule has 0 saturated heterocycles. The molecule has 18 heavy (non-hydrogen) atoms. The molecule has 1 N–H and O–H groups in total. The molecular weight excluding hydrogens is 224 g/mol. The summed E-state index contributed by atoms with van der Waals surface area (Å²) in [6.07, 6.45) is 5.85. The van der Waals surface area contributed by atoms with Gasteiger partial charge in [-0.25, -0.2) is 9.97 Å². The number of aromatic nitrogens is 2. The van der Waals surface area contributed by atoms with Gasteiger partial charge in [0.2, 0.25) is 5.95 Å². The van der Waals surface area contributed by atoms with E-state index in [-0.39, 0.29) is 0 Å². The minimum atomic E-state index is 0.836. The molecule has 0 unspecified atom stereocenters. The number of anilines is 1. The van der Waals surface area contributed by atoms with E-state index in [1.807, 2.05) is 13.2 Å². The Morgan fingerprint density at radius 2 is 2.22 bits per heavy atom. The second-order valence-electron chi connectivity index (χ2n) is 5.20. The van der Waals surface area contributed by atoms with Gasteiger partial charge in [0.1, 0.15) is 0 Å². The molecule has 0 bridgehead atoms. The van der Waals surface area contributed by atoms with Gasteiger partial charge in [-0.2, -0.15) is 0 Å². The molecule has 4 heteroatoms. The summed E-state index contributed by atoms with van der Waals surface area (Å²) >= 11 is 0. The largest absolute Gasteiger partial charge is 0.341 e. The molecule has 0 aromatic carbocycles. The van der Waals surface area contributed by atoms with Crippen LogP contribution in [0.3, 0.4) is 0 Å². The molecule has 1 aliphatic carbocycles. The molecule has 1 aromatic heterocycles. The third-order valence-corrected chi connectivity index (χ3v) is 3.39. The highest BCUT2D eigenvalue weighted by atomic mass is 15.2. The fourth-order valence-corrected chi connectivity index (χ4v) is 2.15. The first-order valence-corrected chi connectivity index (χ1v) is 6.96. The maximum Gasteiger partial charge on any atom is 0.225 e. The Labute approximate surface area is 110 Å². The number of rotatable bonds is 7. The molecule has 1 aromatic rings. The molecule has 0 atom stereocenters. The van der Waals surface area contributed by atoms with Crippen LogP contribution in [-0.4, -0.2) is 30.1 Å². The molecule has 1 saturated carbocycles. The van der Waals surface area contributed by atoms with Gasteiger partial charge in [-0.1, -0.05) is 6.92 Å². The van der Waals surface area contributed by atoms with Crippen LogP contribution in [0.1, 0.15) is 37.4 Å². The van der Waals surface area contributed by atoms with Gasteiger partial charge in [0.25, 0.3) is 0 Å². The first-order valence-electron chi connectivity index (χ1n) is 6.96. The SMILES string of the molecule is CCCN(CC1CC1)c1ncc(CNC)c(C)n1. The molecule has 100 valence electrons. The minimum Gasteiger partial charge on any atom is -0.341 e. The predicted octanol–water partition coefficient (Wildman–Crippen LogP) is 2.13. The van der Waals surface area contributed by atoms with Crippen LogP contribution >= 0.6 is 0 Å². The van der Waals surface area contributed by atoms with Gasteiger partial charge in [0.05, 0.1) is 0 Å². The average Bonchev–Trinajstić information content (AvgIpc) is 3.15. The van der Waals surface area contributed by atoms with Crippen LogP contribution in [0, 0.1) is 12.8 Å². The second-order valence-corrected chi connectivity index (χ2v) is 5.20. The number of nitrogens with one attached hydrogen (secondary N) is 1. The van der Waals surface area contributed by atoms with Crippen molar-refractivity contribution in [1.29, 1.82) is 0 Å². The van der Waals surface area contributed by atoms with Crippen LogP contribution in [0.25, 0.3) is 0 Å². The van der Waals surface area contributed by atoms with Crippen LogP contribution < -0.4 is 10.2 Å². The third-order valence-electron chi connectivity index (χ3n) is 3.39. The summed E-state index contributed by atoms with van der Waals surface area (Å²) in [5, 5.41) is 3.15. The monoisotopic (exact) mass is 248 g/mol. The van der Waals surface area contributed by atoms with Gasteiger partial charge in [0, 0.05) is 37.1 Å². The Morgan fingerprint density at radius 1 is 1.44 bits per heavy atom. The molecule has 4 nitrogen and oxygen atoms in total. The zero-order chi connectivity index (χ0) is 13.0. The zero-order valence-corrected chi connectivity index (χ0v) is 11.7. The highest BCUT2D eigenvalue weighted by Gasteiger charge is 2.25. The van der Waals surface area contributed by atoms with Gasteiger partial charge in [-0.15, -0.1) is 0 Å². The average molecular weight is 248 g/mol. The standard InChI is InChI=1S/C14H24N4/c1-4-7-18(10-12-5-6-12)14-16-9-13(8-15-3)11(2)17-14/h9,12,15H,4-8,10H2,1-3H3. The first kappa shape index (κ1) is 13.3. The van der Waals surface area contributed by atoms with Crippen LogP contribution in [0.4, 0.5) is 5.95 Å². The van der Waals surface area contributed by atoms with E-state index in [9.17, 15) is 0 Å². The van der Waals surface area contributed by atoms with E-state index in [2.05, 4.69) is 34.0 Å². The molecule has 0 spiro atoms. The van der Waals surface area contributed by atoms with E-state index in [1.165, 1.54) is 18.4 Å². The van der Waals surface area contributed by atoms with Crippen molar-refractivity contribution < 1.29 is 0 Å². The van der Waals surface area contributed by atoms with E-state index in [4.69, 9.17) is 0 Å². The van der Waals surface area contributed by atoms with Crippen LogP contribution in [0.15, 0.2) is 6.20 Å². The van der Waals surface area contributed by atoms with Gasteiger partial charge >= 0.3 is 0 Å². The summed E-state index contributed by atoms with van der Waals surface area (Å²) in [7, 11) is 1.95. The zero-order valence-electron chi connectivity index (χ0n) is 11.7. The predicted molar refractivity (Wildman–Crippen MR) is 74.8 cm³/mol. The number of hydrogen-bond donors (Lipinski definition) is 1. The lowest BCUT2D eigenvalue weighted by molar-refractivity contribution is 0.683. The molecular formula is C14H24N4. The van der Waals surface area contributed by atoms with E-state index >= 15 is 0 Å². The highest BCUT2D eigenvalue weighted by Crippen LogP contribution is 2.30. The Bertz CT molecular complexity index is 387. The molecule has 0 radical (unpaired) electrons. The lowest BCUT2D eigenvalue weighted by Crippen LogP contribution is -2.28. The van der Waals surface area contributed by atoms with E-state index in [0.29, 0.717) is 0 Å². The van der Waals surface area contributed by atoms with Gasteiger partial charge in [0.15, 0.2) is 0 Å². The maximum absolute atomic E-state index is 4.67. The maximum atomic E-state index is 4.67. The topological polar surface area (TPSA) is 41.1 Å². The van der Waals surface area contributed by atoms with Crippen LogP contribution in [0.2, 0.25) is 0 Å². The van der Waals surface area contributed by atoms with Crippen molar-refractivity contribution in [1.82, 2.24) is 15.3 Å². The van der Waals surface area contributed by atoms with Crippen molar-refractivity contribution in [2.24, 2.45) is 5.92 Å². The van der Waals surface area contributed by atoms with Crippen LogP contribution in [0.5, 0.6) is 0 Å². The molecule has 1 aliphatic rings. The van der Waals surface area contributed by atoms with E-state index in [1.54, 1.807) is 0 Å². The summed E-state index contributed by atoms with van der Waals surface area (Å²) in [6, 6.07) is 0. The second kappa shape index (κ2) is 6.14. The molecule has 0 amide bonds. The Hall–Kier alpha value is -1.16. The smallest absolute Gasteiger partial charge is 0.225 e. The van der Waals surface area contributed by atoms with Crippen molar-refractivity contribution in [2.75, 3.05) is 25.0 Å². The summed E-state index contributed by atoms with van der Waals surface area (Å²) in [5.74, 6) is 1.78. The normalized spacial score (nSPS) is 14.8. The first-order chi connectivity index (χ1) is 8.74. The summed E-state index contributed by atoms with van der Waals surface area (Å²) < 4.78 is 0. The lowest BCUT2D eigenvalue weighted by Gasteiger charge is -2.22. The molecule has 2 rings (SSSR count). The van der Waals surface area contributed by atoms with E-state index < -0.39 is 0 Å². The fourth-order valence-electron chi connectivity index (χ4n) is 2.15. The summed E-state index contributed by atoms with van der Waals surface area (Å²) in [4.78, 5) is 11.5. The van der Waals surface area contributed by atoms with Gasteiger partial charge in [-0.05, 0) is 39.2 Å². The lowest BCUT2D eigenvalue weighted by atomic mass is 10.2. The van der Waals surface area contributed by atoms with Crippen LogP contribution in [-0.2, 0) is 6.54 Å². The third kappa shape index (κ3) is 3.42.